The van der Waals surface area contributed by atoms with Gasteiger partial charge in [-0.05, 0) is 43.3 Å². The van der Waals surface area contributed by atoms with Gasteiger partial charge in [0.1, 0.15) is 5.52 Å². The SMILES string of the molecule is CCc1nn(C)c2c1[nH]c(=S)n2C(C)c1cccc(Br)c1. The topological polar surface area (TPSA) is 38.5 Å². The van der Waals surface area contributed by atoms with Crippen molar-refractivity contribution >= 4 is 39.3 Å². The van der Waals surface area contributed by atoms with E-state index in [1.54, 1.807) is 0 Å². The van der Waals surface area contributed by atoms with E-state index >= 15 is 0 Å². The second-order valence-electron chi connectivity index (χ2n) is 5.15. The molecule has 1 N–H and O–H groups in total. The molecule has 110 valence electrons. The highest BCUT2D eigenvalue weighted by Crippen LogP contribution is 2.27. The smallest absolute Gasteiger partial charge is 0.179 e. The van der Waals surface area contributed by atoms with Gasteiger partial charge in [-0.1, -0.05) is 35.0 Å². The predicted molar refractivity (Wildman–Crippen MR) is 91.2 cm³/mol. The Morgan fingerprint density at radius 1 is 1.43 bits per heavy atom. The minimum atomic E-state index is 0.142. The van der Waals surface area contributed by atoms with Gasteiger partial charge >= 0.3 is 0 Å². The lowest BCUT2D eigenvalue weighted by Gasteiger charge is -2.15. The zero-order valence-corrected chi connectivity index (χ0v) is 14.6. The van der Waals surface area contributed by atoms with Crippen LogP contribution in [0.2, 0.25) is 0 Å². The summed E-state index contributed by atoms with van der Waals surface area (Å²) in [5.74, 6) is 0. The molecule has 0 amide bonds. The quantitative estimate of drug-likeness (QED) is 0.700. The van der Waals surface area contributed by atoms with Gasteiger partial charge in [0.15, 0.2) is 10.4 Å². The molecule has 6 heteroatoms. The third kappa shape index (κ3) is 2.36. The number of aromatic amines is 1. The van der Waals surface area contributed by atoms with Gasteiger partial charge in [0.2, 0.25) is 0 Å². The molecular weight excluding hydrogens is 348 g/mol. The zero-order valence-electron chi connectivity index (χ0n) is 12.2. The van der Waals surface area contributed by atoms with Crippen LogP contribution < -0.4 is 0 Å². The fourth-order valence-electron chi connectivity index (χ4n) is 2.76. The van der Waals surface area contributed by atoms with Crippen molar-refractivity contribution in [2.45, 2.75) is 26.3 Å². The molecule has 0 spiro atoms. The van der Waals surface area contributed by atoms with Crippen molar-refractivity contribution in [3.8, 4) is 0 Å². The van der Waals surface area contributed by atoms with Gasteiger partial charge in [-0.3, -0.25) is 9.25 Å². The van der Waals surface area contributed by atoms with Gasteiger partial charge in [0.05, 0.1) is 11.7 Å². The first kappa shape index (κ1) is 14.5. The van der Waals surface area contributed by atoms with E-state index in [0.717, 1.165) is 32.5 Å². The van der Waals surface area contributed by atoms with E-state index in [4.69, 9.17) is 12.2 Å². The highest BCUT2D eigenvalue weighted by atomic mass is 79.9. The normalized spacial score (nSPS) is 13.0. The highest BCUT2D eigenvalue weighted by molar-refractivity contribution is 9.10. The summed E-state index contributed by atoms with van der Waals surface area (Å²) in [6, 6.07) is 8.46. The molecule has 0 aliphatic rings. The van der Waals surface area contributed by atoms with E-state index in [1.807, 2.05) is 23.9 Å². The maximum absolute atomic E-state index is 5.54. The van der Waals surface area contributed by atoms with Gasteiger partial charge in [-0.15, -0.1) is 0 Å². The van der Waals surface area contributed by atoms with Crippen LogP contribution in [0.3, 0.4) is 0 Å². The van der Waals surface area contributed by atoms with E-state index in [1.165, 1.54) is 5.56 Å². The lowest BCUT2D eigenvalue weighted by molar-refractivity contribution is 0.619. The average Bonchev–Trinajstić information content (AvgIpc) is 2.95. The Morgan fingerprint density at radius 2 is 2.19 bits per heavy atom. The van der Waals surface area contributed by atoms with Gasteiger partial charge < -0.3 is 4.98 Å². The third-order valence-electron chi connectivity index (χ3n) is 3.82. The van der Waals surface area contributed by atoms with Crippen LogP contribution in [0.5, 0.6) is 0 Å². The van der Waals surface area contributed by atoms with Crippen molar-refractivity contribution in [3.63, 3.8) is 0 Å². The molecule has 4 nitrogen and oxygen atoms in total. The summed E-state index contributed by atoms with van der Waals surface area (Å²) in [6.45, 7) is 4.26. The summed E-state index contributed by atoms with van der Waals surface area (Å²) in [5, 5.41) is 4.57. The zero-order chi connectivity index (χ0) is 15.1. The van der Waals surface area contributed by atoms with Crippen molar-refractivity contribution in [2.24, 2.45) is 7.05 Å². The molecule has 1 atom stereocenters. The summed E-state index contributed by atoms with van der Waals surface area (Å²) < 4.78 is 5.86. The molecule has 0 fully saturated rings. The molecule has 0 aliphatic carbocycles. The Kier molecular flexibility index (Phi) is 3.75. The molecule has 0 saturated carbocycles. The fourth-order valence-corrected chi connectivity index (χ4v) is 3.52. The van der Waals surface area contributed by atoms with Crippen molar-refractivity contribution in [1.82, 2.24) is 19.3 Å². The van der Waals surface area contributed by atoms with Crippen LogP contribution in [-0.2, 0) is 13.5 Å². The number of hydrogen-bond acceptors (Lipinski definition) is 2. The monoisotopic (exact) mass is 364 g/mol. The van der Waals surface area contributed by atoms with Crippen LogP contribution in [0.25, 0.3) is 11.2 Å². The molecule has 2 heterocycles. The molecular formula is C15H17BrN4S. The molecule has 1 unspecified atom stereocenters. The first-order valence-corrected chi connectivity index (χ1v) is 8.14. The number of nitrogens with one attached hydrogen (secondary N) is 1. The number of fused-ring (bicyclic) bond motifs is 1. The van der Waals surface area contributed by atoms with Gasteiger partial charge in [0.25, 0.3) is 0 Å². The van der Waals surface area contributed by atoms with Crippen molar-refractivity contribution in [1.29, 1.82) is 0 Å². The van der Waals surface area contributed by atoms with Crippen LogP contribution >= 0.6 is 28.1 Å². The number of H-pyrrole nitrogens is 1. The van der Waals surface area contributed by atoms with E-state index < -0.39 is 0 Å². The Balaban J connectivity index is 2.22. The highest BCUT2D eigenvalue weighted by Gasteiger charge is 2.19. The van der Waals surface area contributed by atoms with Crippen LogP contribution in [-0.4, -0.2) is 19.3 Å². The van der Waals surface area contributed by atoms with Gasteiger partial charge in [-0.25, -0.2) is 0 Å². The second-order valence-corrected chi connectivity index (χ2v) is 6.46. The molecule has 3 rings (SSSR count). The van der Waals surface area contributed by atoms with Crippen LogP contribution in [0, 0.1) is 4.77 Å². The van der Waals surface area contributed by atoms with E-state index in [-0.39, 0.29) is 6.04 Å². The summed E-state index contributed by atoms with van der Waals surface area (Å²) in [4.78, 5) is 3.32. The Labute approximate surface area is 136 Å². The van der Waals surface area contributed by atoms with Crippen molar-refractivity contribution < 1.29 is 0 Å². The summed E-state index contributed by atoms with van der Waals surface area (Å²) >= 11 is 9.07. The lowest BCUT2D eigenvalue weighted by Crippen LogP contribution is -2.09. The minimum Gasteiger partial charge on any atom is -0.328 e. The van der Waals surface area contributed by atoms with Crippen LogP contribution in [0.1, 0.15) is 31.1 Å². The third-order valence-corrected chi connectivity index (χ3v) is 4.61. The molecule has 0 aliphatic heterocycles. The standard InChI is InChI=1S/C15H17BrN4S/c1-4-12-13-14(19(3)18-12)20(15(21)17-13)9(2)10-6-5-7-11(16)8-10/h5-9H,4H2,1-3H3,(H,17,21). The number of halogens is 1. The van der Waals surface area contributed by atoms with Gasteiger partial charge in [-0.2, -0.15) is 5.10 Å². The van der Waals surface area contributed by atoms with Gasteiger partial charge in [0, 0.05) is 11.5 Å². The summed E-state index contributed by atoms with van der Waals surface area (Å²) in [7, 11) is 1.97. The molecule has 21 heavy (non-hydrogen) atoms. The van der Waals surface area contributed by atoms with E-state index in [2.05, 4.69) is 56.6 Å². The number of imidazole rings is 1. The van der Waals surface area contributed by atoms with Crippen LogP contribution in [0.15, 0.2) is 28.7 Å². The average molecular weight is 365 g/mol. The molecule has 0 radical (unpaired) electrons. The first-order chi connectivity index (χ1) is 10.0. The Morgan fingerprint density at radius 3 is 2.86 bits per heavy atom. The lowest BCUT2D eigenvalue weighted by atomic mass is 10.1. The number of rotatable bonds is 3. The molecule has 0 bridgehead atoms. The second kappa shape index (κ2) is 5.42. The first-order valence-electron chi connectivity index (χ1n) is 6.94. The van der Waals surface area contributed by atoms with Crippen LogP contribution in [0.4, 0.5) is 0 Å². The maximum atomic E-state index is 5.54. The van der Waals surface area contributed by atoms with Crippen molar-refractivity contribution in [2.75, 3.05) is 0 Å². The molecule has 3 aromatic rings. The van der Waals surface area contributed by atoms with E-state index in [9.17, 15) is 0 Å². The number of nitrogens with zero attached hydrogens (tertiary/aromatic N) is 3. The Bertz CT molecular complexity index is 858. The largest absolute Gasteiger partial charge is 0.328 e. The summed E-state index contributed by atoms with van der Waals surface area (Å²) in [6.07, 6.45) is 0.887. The molecule has 1 aromatic carbocycles. The van der Waals surface area contributed by atoms with Crippen molar-refractivity contribution in [3.05, 3.63) is 44.8 Å². The number of aromatic nitrogens is 4. The molecule has 0 saturated heterocycles. The fraction of sp³-hybridized carbons (Fsp3) is 0.333. The Hall–Kier alpha value is -1.40. The number of hydrogen-bond donors (Lipinski definition) is 1. The maximum Gasteiger partial charge on any atom is 0.179 e. The van der Waals surface area contributed by atoms with E-state index in [0.29, 0.717) is 0 Å². The predicted octanol–water partition coefficient (Wildman–Crippen LogP) is 4.37. The molecule has 2 aromatic heterocycles. The summed E-state index contributed by atoms with van der Waals surface area (Å²) in [5.41, 5.74) is 4.36. The minimum absolute atomic E-state index is 0.142. The number of aryl methyl sites for hydroxylation is 2. The number of benzene rings is 1.